The topological polar surface area (TPSA) is 90.1 Å². The summed E-state index contributed by atoms with van der Waals surface area (Å²) in [5.41, 5.74) is 2.48. The van der Waals surface area contributed by atoms with Gasteiger partial charge in [0.1, 0.15) is 5.56 Å². The maximum Gasteiger partial charge on any atom is 0.257 e. The van der Waals surface area contributed by atoms with Gasteiger partial charge in [-0.3, -0.25) is 14.8 Å². The molecule has 0 fully saturated rings. The number of ether oxygens (including phenoxy) is 1. The zero-order chi connectivity index (χ0) is 16.1. The van der Waals surface area contributed by atoms with E-state index in [0.29, 0.717) is 17.0 Å². The molecule has 0 aromatic carbocycles. The Morgan fingerprint density at radius 2 is 2.09 bits per heavy atom. The first-order chi connectivity index (χ1) is 11.3. The molecule has 0 saturated carbocycles. The van der Waals surface area contributed by atoms with Crippen LogP contribution in [-0.4, -0.2) is 28.0 Å². The second-order valence-electron chi connectivity index (χ2n) is 4.61. The molecule has 0 aliphatic rings. The van der Waals surface area contributed by atoms with E-state index in [9.17, 15) is 4.79 Å². The summed E-state index contributed by atoms with van der Waals surface area (Å²) in [6.45, 7) is 0.227. The Morgan fingerprint density at radius 3 is 2.87 bits per heavy atom. The van der Waals surface area contributed by atoms with Gasteiger partial charge >= 0.3 is 0 Å². The van der Waals surface area contributed by atoms with E-state index in [2.05, 4.69) is 20.3 Å². The largest absolute Gasteiger partial charge is 0.480 e. The van der Waals surface area contributed by atoms with Crippen LogP contribution >= 0.6 is 0 Å². The molecule has 7 heteroatoms. The van der Waals surface area contributed by atoms with Gasteiger partial charge in [0.25, 0.3) is 5.91 Å². The van der Waals surface area contributed by atoms with E-state index < -0.39 is 0 Å². The number of aromatic nitrogens is 3. The van der Waals surface area contributed by atoms with Crippen LogP contribution in [0.25, 0.3) is 11.3 Å². The lowest BCUT2D eigenvalue weighted by molar-refractivity contribution is 0.0946. The number of hydrogen-bond acceptors (Lipinski definition) is 6. The molecule has 1 N–H and O–H groups in total. The van der Waals surface area contributed by atoms with Gasteiger partial charge in [0.15, 0.2) is 0 Å². The third-order valence-corrected chi connectivity index (χ3v) is 3.19. The number of furan rings is 1. The van der Waals surface area contributed by atoms with Gasteiger partial charge < -0.3 is 14.5 Å². The van der Waals surface area contributed by atoms with Crippen LogP contribution in [0, 0.1) is 0 Å². The van der Waals surface area contributed by atoms with E-state index in [1.165, 1.54) is 7.11 Å². The third kappa shape index (κ3) is 3.18. The Bertz CT molecular complexity index is 803. The van der Waals surface area contributed by atoms with Crippen LogP contribution in [0.2, 0.25) is 0 Å². The highest BCUT2D eigenvalue weighted by atomic mass is 16.5. The molecule has 7 nitrogen and oxygen atoms in total. The fourth-order valence-corrected chi connectivity index (χ4v) is 2.12. The minimum atomic E-state index is -0.293. The lowest BCUT2D eigenvalue weighted by atomic mass is 10.2. The molecule has 0 unspecified atom stereocenters. The average molecular weight is 310 g/mol. The van der Waals surface area contributed by atoms with E-state index in [1.54, 1.807) is 49.3 Å². The molecule has 1 amide bonds. The van der Waals surface area contributed by atoms with Gasteiger partial charge in [-0.1, -0.05) is 0 Å². The van der Waals surface area contributed by atoms with Crippen LogP contribution in [0.4, 0.5) is 0 Å². The molecule has 116 valence electrons. The number of nitrogens with zero attached hydrogens (tertiary/aromatic N) is 3. The lowest BCUT2D eigenvalue weighted by Crippen LogP contribution is -2.24. The summed E-state index contributed by atoms with van der Waals surface area (Å²) in [4.78, 5) is 24.9. The molecule has 0 saturated heterocycles. The fraction of sp³-hybridized carbons (Fsp3) is 0.125. The highest BCUT2D eigenvalue weighted by Crippen LogP contribution is 2.20. The summed E-state index contributed by atoms with van der Waals surface area (Å²) in [5.74, 6) is -0.0158. The summed E-state index contributed by atoms with van der Waals surface area (Å²) in [6.07, 6.45) is 7.88. The van der Waals surface area contributed by atoms with Gasteiger partial charge in [-0.15, -0.1) is 0 Å². The number of amides is 1. The van der Waals surface area contributed by atoms with Gasteiger partial charge in [-0.25, -0.2) is 4.98 Å². The molecule has 0 aliphatic carbocycles. The van der Waals surface area contributed by atoms with Crippen LogP contribution in [0.3, 0.4) is 0 Å². The highest BCUT2D eigenvalue weighted by Gasteiger charge is 2.14. The van der Waals surface area contributed by atoms with Crippen molar-refractivity contribution in [3.63, 3.8) is 0 Å². The number of carbonyl (C=O) groups is 1. The van der Waals surface area contributed by atoms with Crippen molar-refractivity contribution in [1.82, 2.24) is 20.3 Å². The van der Waals surface area contributed by atoms with Crippen LogP contribution in [0.15, 0.2) is 53.7 Å². The van der Waals surface area contributed by atoms with Crippen molar-refractivity contribution in [1.29, 1.82) is 0 Å². The molecule has 3 rings (SSSR count). The second-order valence-corrected chi connectivity index (χ2v) is 4.61. The fourth-order valence-electron chi connectivity index (χ4n) is 2.12. The molecule has 0 radical (unpaired) electrons. The SMILES string of the molecule is COc1ncccc1C(=O)NCc1nccnc1-c1ccoc1. The van der Waals surface area contributed by atoms with E-state index in [1.807, 2.05) is 0 Å². The Balaban J connectivity index is 1.78. The maximum atomic E-state index is 12.3. The van der Waals surface area contributed by atoms with E-state index in [4.69, 9.17) is 9.15 Å². The monoisotopic (exact) mass is 310 g/mol. The number of pyridine rings is 1. The average Bonchev–Trinajstić information content (AvgIpc) is 3.14. The number of hydrogen-bond donors (Lipinski definition) is 1. The molecular weight excluding hydrogens is 296 g/mol. The zero-order valence-electron chi connectivity index (χ0n) is 12.4. The molecule has 0 atom stereocenters. The molecule has 0 spiro atoms. The van der Waals surface area contributed by atoms with Crippen molar-refractivity contribution < 1.29 is 13.9 Å². The van der Waals surface area contributed by atoms with Crippen molar-refractivity contribution >= 4 is 5.91 Å². The molecule has 0 aliphatic heterocycles. The maximum absolute atomic E-state index is 12.3. The zero-order valence-corrected chi connectivity index (χ0v) is 12.4. The second kappa shape index (κ2) is 6.69. The summed E-state index contributed by atoms with van der Waals surface area (Å²) in [5, 5.41) is 2.80. The third-order valence-electron chi connectivity index (χ3n) is 3.19. The van der Waals surface area contributed by atoms with E-state index >= 15 is 0 Å². The van der Waals surface area contributed by atoms with Crippen LogP contribution in [0.1, 0.15) is 16.1 Å². The van der Waals surface area contributed by atoms with Crippen LogP contribution < -0.4 is 10.1 Å². The van der Waals surface area contributed by atoms with Gasteiger partial charge in [0, 0.05) is 24.2 Å². The van der Waals surface area contributed by atoms with Crippen LogP contribution in [0.5, 0.6) is 5.88 Å². The van der Waals surface area contributed by atoms with Crippen molar-refractivity contribution in [2.75, 3.05) is 7.11 Å². The van der Waals surface area contributed by atoms with Gasteiger partial charge in [-0.2, -0.15) is 0 Å². The van der Waals surface area contributed by atoms with Gasteiger partial charge in [-0.05, 0) is 18.2 Å². The predicted molar refractivity (Wildman–Crippen MR) is 81.7 cm³/mol. The summed E-state index contributed by atoms with van der Waals surface area (Å²) >= 11 is 0. The van der Waals surface area contributed by atoms with Crippen molar-refractivity contribution in [3.05, 3.63) is 60.6 Å². The standard InChI is InChI=1S/C16H14N4O3/c1-22-16-12(3-2-5-19-16)15(21)20-9-13-14(18-7-6-17-13)11-4-8-23-10-11/h2-8,10H,9H2,1H3,(H,20,21). The first-order valence-electron chi connectivity index (χ1n) is 6.89. The first-order valence-corrected chi connectivity index (χ1v) is 6.89. The quantitative estimate of drug-likeness (QED) is 0.776. The van der Waals surface area contributed by atoms with E-state index in [-0.39, 0.29) is 18.3 Å². The highest BCUT2D eigenvalue weighted by molar-refractivity contribution is 5.96. The normalized spacial score (nSPS) is 10.3. The summed E-state index contributed by atoms with van der Waals surface area (Å²) in [7, 11) is 1.47. The van der Waals surface area contributed by atoms with Crippen molar-refractivity contribution in [2.24, 2.45) is 0 Å². The molecule has 3 aromatic heterocycles. The summed E-state index contributed by atoms with van der Waals surface area (Å²) < 4.78 is 10.2. The van der Waals surface area contributed by atoms with Crippen molar-refractivity contribution in [3.8, 4) is 17.1 Å². The molecule has 3 heterocycles. The molecular formula is C16H14N4O3. The number of carbonyl (C=O) groups excluding carboxylic acids is 1. The predicted octanol–water partition coefficient (Wildman–Crippen LogP) is 2.07. The Morgan fingerprint density at radius 1 is 1.22 bits per heavy atom. The lowest BCUT2D eigenvalue weighted by Gasteiger charge is -2.09. The number of rotatable bonds is 5. The van der Waals surface area contributed by atoms with E-state index in [0.717, 1.165) is 5.56 Å². The molecule has 3 aromatic rings. The van der Waals surface area contributed by atoms with Crippen LogP contribution in [-0.2, 0) is 6.54 Å². The van der Waals surface area contributed by atoms with Crippen molar-refractivity contribution in [2.45, 2.75) is 6.54 Å². The molecule has 23 heavy (non-hydrogen) atoms. The minimum Gasteiger partial charge on any atom is -0.480 e. The first kappa shape index (κ1) is 14.7. The smallest absolute Gasteiger partial charge is 0.257 e. The van der Waals surface area contributed by atoms with Gasteiger partial charge in [0.2, 0.25) is 5.88 Å². The Kier molecular flexibility index (Phi) is 4.28. The summed E-state index contributed by atoms with van der Waals surface area (Å²) in [6, 6.07) is 5.12. The minimum absolute atomic E-state index is 0.227. The Labute approximate surface area is 132 Å². The number of nitrogens with one attached hydrogen (secondary N) is 1. The molecule has 0 bridgehead atoms. The number of methoxy groups -OCH3 is 1. The van der Waals surface area contributed by atoms with Gasteiger partial charge in [0.05, 0.1) is 37.6 Å². The Hall–Kier alpha value is -3.22.